The van der Waals surface area contributed by atoms with Gasteiger partial charge >= 0.3 is 5.97 Å². The van der Waals surface area contributed by atoms with Gasteiger partial charge < -0.3 is 14.2 Å². The lowest BCUT2D eigenvalue weighted by Gasteiger charge is -2.26. The first kappa shape index (κ1) is 23.2. The van der Waals surface area contributed by atoms with Crippen molar-refractivity contribution in [1.82, 2.24) is 9.55 Å². The van der Waals surface area contributed by atoms with Gasteiger partial charge in [-0.05, 0) is 44.3 Å². The molecular formula is C23H36N2O4S. The number of unbranched alkanes of at least 4 members (excludes halogenated alkanes) is 7. The number of ether oxygens (including phenoxy) is 3. The van der Waals surface area contributed by atoms with Crippen molar-refractivity contribution in [3.05, 3.63) is 18.7 Å². The Labute approximate surface area is 185 Å². The van der Waals surface area contributed by atoms with Crippen LogP contribution in [0.4, 0.5) is 0 Å². The number of carbonyl (C=O) groups excluding carboxylic acids is 1. The monoisotopic (exact) mass is 436 g/mol. The quantitative estimate of drug-likeness (QED) is 0.255. The SMILES string of the molecule is CCCCCCCCCC[C@H](OC(=S)n1ccnc1)[C@H]1CC[C@H]([C@H]2CCC(=O)O2)O1. The normalized spacial score (nSPS) is 24.7. The zero-order chi connectivity index (χ0) is 21.2. The van der Waals surface area contributed by atoms with Gasteiger partial charge in [0.25, 0.3) is 5.17 Å². The van der Waals surface area contributed by atoms with E-state index in [1.165, 1.54) is 44.9 Å². The van der Waals surface area contributed by atoms with Crippen molar-refractivity contribution >= 4 is 23.4 Å². The minimum atomic E-state index is -0.111. The Morgan fingerprint density at radius 3 is 2.60 bits per heavy atom. The van der Waals surface area contributed by atoms with Gasteiger partial charge in [0, 0.05) is 18.8 Å². The molecule has 168 valence electrons. The molecule has 0 aliphatic carbocycles. The van der Waals surface area contributed by atoms with E-state index in [1.807, 2.05) is 0 Å². The van der Waals surface area contributed by atoms with Crippen LogP contribution >= 0.6 is 12.2 Å². The van der Waals surface area contributed by atoms with Crippen LogP contribution in [0.1, 0.15) is 90.4 Å². The predicted octanol–water partition coefficient (Wildman–Crippen LogP) is 5.19. The minimum absolute atomic E-state index is 0.0136. The fourth-order valence-corrected chi connectivity index (χ4v) is 4.63. The highest BCUT2D eigenvalue weighted by Gasteiger charge is 2.40. The molecule has 1 aromatic heterocycles. The summed E-state index contributed by atoms with van der Waals surface area (Å²) >= 11 is 5.47. The maximum Gasteiger partial charge on any atom is 0.306 e. The number of nitrogens with zero attached hydrogens (tertiary/aromatic N) is 2. The Hall–Kier alpha value is -1.47. The summed E-state index contributed by atoms with van der Waals surface area (Å²) in [6, 6.07) is 0. The molecule has 2 aliphatic rings. The van der Waals surface area contributed by atoms with E-state index in [0.29, 0.717) is 11.6 Å². The van der Waals surface area contributed by atoms with Crippen molar-refractivity contribution in [1.29, 1.82) is 0 Å². The molecule has 7 heteroatoms. The third-order valence-corrected chi connectivity index (χ3v) is 6.45. The molecule has 30 heavy (non-hydrogen) atoms. The van der Waals surface area contributed by atoms with E-state index in [0.717, 1.165) is 32.1 Å². The number of esters is 1. The highest BCUT2D eigenvalue weighted by atomic mass is 32.1. The summed E-state index contributed by atoms with van der Waals surface area (Å²) in [5.74, 6) is -0.111. The highest BCUT2D eigenvalue weighted by molar-refractivity contribution is 7.80. The zero-order valence-corrected chi connectivity index (χ0v) is 19.0. The van der Waals surface area contributed by atoms with Crippen molar-refractivity contribution in [2.75, 3.05) is 0 Å². The van der Waals surface area contributed by atoms with Gasteiger partial charge in [0.15, 0.2) is 0 Å². The summed E-state index contributed by atoms with van der Waals surface area (Å²) in [6.07, 6.45) is 19.1. The molecule has 6 nitrogen and oxygen atoms in total. The van der Waals surface area contributed by atoms with Gasteiger partial charge in [-0.25, -0.2) is 4.98 Å². The van der Waals surface area contributed by atoms with E-state index in [1.54, 1.807) is 23.3 Å². The largest absolute Gasteiger partial charge is 0.464 e. The van der Waals surface area contributed by atoms with Crippen LogP contribution in [0, 0.1) is 0 Å². The topological polar surface area (TPSA) is 62.6 Å². The molecule has 0 amide bonds. The molecule has 2 fully saturated rings. The second-order valence-electron chi connectivity index (χ2n) is 8.51. The second-order valence-corrected chi connectivity index (χ2v) is 8.86. The minimum Gasteiger partial charge on any atom is -0.464 e. The summed E-state index contributed by atoms with van der Waals surface area (Å²) in [5.41, 5.74) is 0. The number of carbonyl (C=O) groups is 1. The van der Waals surface area contributed by atoms with E-state index in [2.05, 4.69) is 11.9 Å². The van der Waals surface area contributed by atoms with Gasteiger partial charge in [-0.3, -0.25) is 9.36 Å². The van der Waals surface area contributed by atoms with E-state index < -0.39 is 0 Å². The van der Waals surface area contributed by atoms with Crippen LogP contribution in [-0.4, -0.2) is 45.1 Å². The maximum absolute atomic E-state index is 11.5. The van der Waals surface area contributed by atoms with Gasteiger partial charge in [0.1, 0.15) is 18.5 Å². The number of hydrogen-bond donors (Lipinski definition) is 0. The highest BCUT2D eigenvalue weighted by Crippen LogP contribution is 2.32. The molecule has 0 unspecified atom stereocenters. The van der Waals surface area contributed by atoms with E-state index >= 15 is 0 Å². The number of aromatic nitrogens is 2. The van der Waals surface area contributed by atoms with Crippen molar-refractivity contribution in [3.8, 4) is 0 Å². The van der Waals surface area contributed by atoms with Crippen LogP contribution in [0.25, 0.3) is 0 Å². The Kier molecular flexibility index (Phi) is 9.59. The van der Waals surface area contributed by atoms with Crippen LogP contribution < -0.4 is 0 Å². The van der Waals surface area contributed by atoms with Gasteiger partial charge in [-0.1, -0.05) is 51.9 Å². The molecule has 3 rings (SSSR count). The van der Waals surface area contributed by atoms with E-state index in [-0.39, 0.29) is 30.4 Å². The molecule has 2 saturated heterocycles. The first-order chi connectivity index (χ1) is 14.7. The summed E-state index contributed by atoms with van der Waals surface area (Å²) in [5, 5.41) is 0.413. The molecule has 0 bridgehead atoms. The van der Waals surface area contributed by atoms with E-state index in [9.17, 15) is 4.79 Å². The average molecular weight is 437 g/mol. The molecule has 0 radical (unpaired) electrons. The van der Waals surface area contributed by atoms with Crippen molar-refractivity contribution < 1.29 is 19.0 Å². The Balaban J connectivity index is 1.47. The standard InChI is InChI=1S/C23H36N2O4S/c1-2-3-4-5-6-7-8-9-10-18(29-23(30)25-16-15-24-17-25)19-11-12-20(27-19)21-13-14-22(26)28-21/h15-21H,2-14H2,1H3/t18-,19+,20+,21+/m0/s1. The number of cyclic esters (lactones) is 1. The molecule has 0 aromatic carbocycles. The van der Waals surface area contributed by atoms with Crippen LogP contribution in [0.15, 0.2) is 18.7 Å². The molecule has 0 spiro atoms. The lowest BCUT2D eigenvalue weighted by molar-refractivity contribution is -0.148. The Morgan fingerprint density at radius 1 is 1.17 bits per heavy atom. The first-order valence-electron chi connectivity index (χ1n) is 11.7. The van der Waals surface area contributed by atoms with Gasteiger partial charge in [-0.2, -0.15) is 0 Å². The Morgan fingerprint density at radius 2 is 1.93 bits per heavy atom. The summed E-state index contributed by atoms with van der Waals surface area (Å²) in [6.45, 7) is 2.25. The molecule has 1 aromatic rings. The molecule has 0 N–H and O–H groups in total. The van der Waals surface area contributed by atoms with Crippen LogP contribution in [0.3, 0.4) is 0 Å². The van der Waals surface area contributed by atoms with Crippen LogP contribution in [0.5, 0.6) is 0 Å². The predicted molar refractivity (Wildman–Crippen MR) is 119 cm³/mol. The molecular weight excluding hydrogens is 400 g/mol. The smallest absolute Gasteiger partial charge is 0.306 e. The van der Waals surface area contributed by atoms with Gasteiger partial charge in [0.05, 0.1) is 12.2 Å². The number of thiocarbonyl (C=S) groups is 1. The maximum atomic E-state index is 11.5. The lowest BCUT2D eigenvalue weighted by atomic mass is 10.0. The van der Waals surface area contributed by atoms with Crippen LogP contribution in [-0.2, 0) is 19.0 Å². The fraction of sp³-hybridized carbons (Fsp3) is 0.783. The second kappa shape index (κ2) is 12.4. The lowest BCUT2D eigenvalue weighted by Crippen LogP contribution is -2.35. The number of imidazole rings is 1. The number of hydrogen-bond acceptors (Lipinski definition) is 6. The number of rotatable bonds is 12. The third-order valence-electron chi connectivity index (χ3n) is 6.14. The van der Waals surface area contributed by atoms with Crippen molar-refractivity contribution in [2.24, 2.45) is 0 Å². The molecule has 0 saturated carbocycles. The van der Waals surface area contributed by atoms with E-state index in [4.69, 9.17) is 26.4 Å². The van der Waals surface area contributed by atoms with Gasteiger partial charge in [0.2, 0.25) is 0 Å². The third kappa shape index (κ3) is 7.05. The first-order valence-corrected chi connectivity index (χ1v) is 12.1. The fourth-order valence-electron chi connectivity index (χ4n) is 4.40. The van der Waals surface area contributed by atoms with Gasteiger partial charge in [-0.15, -0.1) is 0 Å². The summed E-state index contributed by atoms with van der Waals surface area (Å²) < 4.78 is 19.6. The molecule has 3 heterocycles. The Bertz CT molecular complexity index is 652. The van der Waals surface area contributed by atoms with Crippen LogP contribution in [0.2, 0.25) is 0 Å². The summed E-state index contributed by atoms with van der Waals surface area (Å²) in [4.78, 5) is 15.5. The summed E-state index contributed by atoms with van der Waals surface area (Å²) in [7, 11) is 0. The van der Waals surface area contributed by atoms with Crippen molar-refractivity contribution in [3.63, 3.8) is 0 Å². The van der Waals surface area contributed by atoms with Crippen molar-refractivity contribution in [2.45, 2.75) is 115 Å². The molecule has 2 aliphatic heterocycles. The average Bonchev–Trinajstić information content (AvgIpc) is 3.50. The molecule has 4 atom stereocenters. The zero-order valence-electron chi connectivity index (χ0n) is 18.2.